The van der Waals surface area contributed by atoms with Gasteiger partial charge in [0.1, 0.15) is 5.01 Å². The third-order valence-corrected chi connectivity index (χ3v) is 6.40. The van der Waals surface area contributed by atoms with Crippen LogP contribution in [-0.4, -0.2) is 64.1 Å². The zero-order valence-electron chi connectivity index (χ0n) is 14.9. The minimum absolute atomic E-state index is 0.00692. The molecule has 2 aliphatic heterocycles. The maximum atomic E-state index is 12.5. The summed E-state index contributed by atoms with van der Waals surface area (Å²) in [5.74, 6) is 0.00692. The number of carbonyl (C=O) groups is 1. The van der Waals surface area contributed by atoms with Gasteiger partial charge in [0.05, 0.1) is 15.8 Å². The third-order valence-electron chi connectivity index (χ3n) is 5.40. The zero-order valence-corrected chi connectivity index (χ0v) is 15.7. The first kappa shape index (κ1) is 17.6. The Labute approximate surface area is 157 Å². The first-order valence-electron chi connectivity index (χ1n) is 9.39. The largest absolute Gasteiger partial charge is 0.388 e. The fourth-order valence-corrected chi connectivity index (χ4v) is 4.74. The Morgan fingerprint density at radius 2 is 1.92 bits per heavy atom. The number of aliphatic hydroxyl groups is 1. The molecule has 1 aromatic carbocycles. The van der Waals surface area contributed by atoms with Gasteiger partial charge in [0, 0.05) is 25.7 Å². The van der Waals surface area contributed by atoms with Gasteiger partial charge in [0.25, 0.3) is 0 Å². The number of fused-ring (bicyclic) bond motifs is 1. The van der Waals surface area contributed by atoms with Gasteiger partial charge in [-0.25, -0.2) is 4.98 Å². The maximum Gasteiger partial charge on any atom is 0.246 e. The number of hydrogen-bond acceptors (Lipinski definition) is 5. The lowest BCUT2D eigenvalue weighted by Crippen LogP contribution is -2.51. The van der Waals surface area contributed by atoms with Crippen molar-refractivity contribution in [1.82, 2.24) is 14.8 Å². The monoisotopic (exact) mass is 371 g/mol. The van der Waals surface area contributed by atoms with Crippen LogP contribution in [0, 0.1) is 0 Å². The SMILES string of the molecule is O=C(/C=C/c1nc2ccccc2s1)N1CCC(O)(CN2CCCC2)CC1. The van der Waals surface area contributed by atoms with Crippen LogP contribution in [0.4, 0.5) is 0 Å². The van der Waals surface area contributed by atoms with E-state index in [0.717, 1.165) is 34.9 Å². The molecular weight excluding hydrogens is 346 g/mol. The number of likely N-dealkylation sites (tertiary alicyclic amines) is 2. The number of para-hydroxylation sites is 1. The van der Waals surface area contributed by atoms with Crippen LogP contribution in [-0.2, 0) is 4.79 Å². The van der Waals surface area contributed by atoms with Crippen LogP contribution in [0.25, 0.3) is 16.3 Å². The number of amides is 1. The van der Waals surface area contributed by atoms with Crippen LogP contribution in [0.3, 0.4) is 0 Å². The summed E-state index contributed by atoms with van der Waals surface area (Å²) in [7, 11) is 0. The first-order valence-corrected chi connectivity index (χ1v) is 10.2. The predicted octanol–water partition coefficient (Wildman–Crippen LogP) is 2.76. The summed E-state index contributed by atoms with van der Waals surface area (Å²) in [5, 5.41) is 11.7. The second-order valence-electron chi connectivity index (χ2n) is 7.39. The van der Waals surface area contributed by atoms with Gasteiger partial charge in [-0.15, -0.1) is 11.3 Å². The molecule has 26 heavy (non-hydrogen) atoms. The number of benzene rings is 1. The molecule has 2 aromatic rings. The molecule has 2 fully saturated rings. The van der Waals surface area contributed by atoms with Crippen LogP contribution in [0.5, 0.6) is 0 Å². The minimum atomic E-state index is -0.641. The number of rotatable bonds is 4. The van der Waals surface area contributed by atoms with Crippen LogP contribution in [0.15, 0.2) is 30.3 Å². The average molecular weight is 372 g/mol. The maximum absolute atomic E-state index is 12.5. The molecule has 0 spiro atoms. The van der Waals surface area contributed by atoms with Crippen molar-refractivity contribution in [2.45, 2.75) is 31.3 Å². The van der Waals surface area contributed by atoms with Gasteiger partial charge >= 0.3 is 0 Å². The number of piperidine rings is 1. The second-order valence-corrected chi connectivity index (χ2v) is 8.45. The summed E-state index contributed by atoms with van der Waals surface area (Å²) in [6.07, 6.45) is 7.20. The molecule has 138 valence electrons. The van der Waals surface area contributed by atoms with E-state index in [1.165, 1.54) is 12.8 Å². The Balaban J connectivity index is 1.32. The standard InChI is InChI=1S/C20H25N3O2S/c24-19(8-7-18-21-16-5-1-2-6-17(16)26-18)23-13-9-20(25,10-14-23)15-22-11-3-4-12-22/h1-2,5-8,25H,3-4,9-15H2/b8-7+. The molecule has 4 rings (SSSR count). The fraction of sp³-hybridized carbons (Fsp3) is 0.500. The van der Waals surface area contributed by atoms with E-state index in [4.69, 9.17) is 0 Å². The fourth-order valence-electron chi connectivity index (χ4n) is 3.87. The van der Waals surface area contributed by atoms with Gasteiger partial charge in [0.2, 0.25) is 5.91 Å². The van der Waals surface area contributed by atoms with Crippen molar-refractivity contribution in [3.8, 4) is 0 Å². The molecule has 3 heterocycles. The number of thiazole rings is 1. The van der Waals surface area contributed by atoms with Crippen molar-refractivity contribution in [1.29, 1.82) is 0 Å². The van der Waals surface area contributed by atoms with Gasteiger partial charge in [-0.2, -0.15) is 0 Å². The van der Waals surface area contributed by atoms with E-state index in [2.05, 4.69) is 9.88 Å². The molecule has 5 nitrogen and oxygen atoms in total. The first-order chi connectivity index (χ1) is 12.6. The van der Waals surface area contributed by atoms with Crippen LogP contribution in [0.2, 0.25) is 0 Å². The van der Waals surface area contributed by atoms with Crippen LogP contribution in [0.1, 0.15) is 30.7 Å². The quantitative estimate of drug-likeness (QED) is 0.840. The molecule has 6 heteroatoms. The number of nitrogens with zero attached hydrogens (tertiary/aromatic N) is 3. The molecule has 1 amide bonds. The number of β-amino-alcohol motifs (C(OH)–C–C–N with tert-alkyl or cyclic N) is 1. The van der Waals surface area contributed by atoms with Crippen molar-refractivity contribution >= 4 is 33.5 Å². The Morgan fingerprint density at radius 3 is 2.65 bits per heavy atom. The lowest BCUT2D eigenvalue weighted by Gasteiger charge is -2.39. The predicted molar refractivity (Wildman–Crippen MR) is 105 cm³/mol. The molecule has 0 unspecified atom stereocenters. The van der Waals surface area contributed by atoms with Crippen LogP contribution >= 0.6 is 11.3 Å². The normalized spacial score (nSPS) is 21.0. The molecule has 1 N–H and O–H groups in total. The lowest BCUT2D eigenvalue weighted by atomic mass is 9.91. The number of carbonyl (C=O) groups excluding carboxylic acids is 1. The van der Waals surface area contributed by atoms with E-state index in [9.17, 15) is 9.90 Å². The van der Waals surface area contributed by atoms with E-state index >= 15 is 0 Å². The molecule has 1 aromatic heterocycles. The van der Waals surface area contributed by atoms with Crippen molar-refractivity contribution in [3.63, 3.8) is 0 Å². The van der Waals surface area contributed by atoms with Crippen molar-refractivity contribution in [3.05, 3.63) is 35.3 Å². The lowest BCUT2D eigenvalue weighted by molar-refractivity contribution is -0.130. The topological polar surface area (TPSA) is 56.7 Å². The highest BCUT2D eigenvalue weighted by Crippen LogP contribution is 2.26. The second kappa shape index (κ2) is 7.47. The summed E-state index contributed by atoms with van der Waals surface area (Å²) in [6.45, 7) is 4.17. The Hall–Kier alpha value is -1.76. The van der Waals surface area contributed by atoms with Crippen molar-refractivity contribution < 1.29 is 9.90 Å². The highest BCUT2D eigenvalue weighted by atomic mass is 32.1. The van der Waals surface area contributed by atoms with Gasteiger partial charge in [-0.3, -0.25) is 4.79 Å². The Kier molecular flexibility index (Phi) is 5.07. The number of aromatic nitrogens is 1. The van der Waals surface area contributed by atoms with E-state index in [1.807, 2.05) is 29.2 Å². The smallest absolute Gasteiger partial charge is 0.246 e. The zero-order chi connectivity index (χ0) is 18.0. The van der Waals surface area contributed by atoms with Crippen molar-refractivity contribution in [2.75, 3.05) is 32.7 Å². The van der Waals surface area contributed by atoms with Crippen molar-refractivity contribution in [2.24, 2.45) is 0 Å². The number of hydrogen-bond donors (Lipinski definition) is 1. The van der Waals surface area contributed by atoms with E-state index in [1.54, 1.807) is 23.5 Å². The minimum Gasteiger partial charge on any atom is -0.388 e. The van der Waals surface area contributed by atoms with Crippen LogP contribution < -0.4 is 0 Å². The highest BCUT2D eigenvalue weighted by Gasteiger charge is 2.35. The van der Waals surface area contributed by atoms with Gasteiger partial charge in [0.15, 0.2) is 0 Å². The van der Waals surface area contributed by atoms with E-state index < -0.39 is 5.60 Å². The summed E-state index contributed by atoms with van der Waals surface area (Å²) >= 11 is 1.59. The van der Waals surface area contributed by atoms with Gasteiger partial charge in [-0.05, 0) is 57.0 Å². The highest BCUT2D eigenvalue weighted by molar-refractivity contribution is 7.19. The molecule has 2 aliphatic rings. The molecule has 0 aliphatic carbocycles. The summed E-state index contributed by atoms with van der Waals surface area (Å²) in [5.41, 5.74) is 0.326. The van der Waals surface area contributed by atoms with E-state index in [-0.39, 0.29) is 5.91 Å². The van der Waals surface area contributed by atoms with Gasteiger partial charge < -0.3 is 14.9 Å². The summed E-state index contributed by atoms with van der Waals surface area (Å²) < 4.78 is 1.13. The van der Waals surface area contributed by atoms with E-state index in [0.29, 0.717) is 25.9 Å². The summed E-state index contributed by atoms with van der Waals surface area (Å²) in [4.78, 5) is 21.2. The van der Waals surface area contributed by atoms with Gasteiger partial charge in [-0.1, -0.05) is 12.1 Å². The molecular formula is C20H25N3O2S. The molecule has 2 saturated heterocycles. The molecule has 0 atom stereocenters. The Morgan fingerprint density at radius 1 is 1.19 bits per heavy atom. The Bertz CT molecular complexity index is 769. The average Bonchev–Trinajstić information content (AvgIpc) is 3.29. The molecule has 0 bridgehead atoms. The summed E-state index contributed by atoms with van der Waals surface area (Å²) in [6, 6.07) is 7.99. The third kappa shape index (κ3) is 3.98. The molecule has 0 radical (unpaired) electrons. The molecule has 0 saturated carbocycles.